The lowest BCUT2D eigenvalue weighted by atomic mass is 9.91. The molecule has 0 amide bonds. The van der Waals surface area contributed by atoms with Crippen molar-refractivity contribution < 1.29 is 0 Å². The van der Waals surface area contributed by atoms with Gasteiger partial charge >= 0.3 is 0 Å². The Bertz CT molecular complexity index is 4180. The van der Waals surface area contributed by atoms with Crippen LogP contribution in [0.25, 0.3) is 131 Å². The summed E-state index contributed by atoms with van der Waals surface area (Å²) >= 11 is 0. The van der Waals surface area contributed by atoms with Crippen LogP contribution in [0.4, 0.5) is 0 Å². The Morgan fingerprint density at radius 1 is 0.306 bits per heavy atom. The highest BCUT2D eigenvalue weighted by molar-refractivity contribution is 6.36. The molecule has 0 saturated heterocycles. The topological polar surface area (TPSA) is 35.6 Å². The third-order valence-corrected chi connectivity index (χ3v) is 13.3. The van der Waals surface area contributed by atoms with E-state index in [1.807, 2.05) is 0 Å². The maximum atomic E-state index is 5.77. The van der Waals surface area contributed by atoms with Crippen LogP contribution in [0.2, 0.25) is 0 Å². The molecule has 0 unspecified atom stereocenters. The molecule has 0 N–H and O–H groups in total. The highest BCUT2D eigenvalue weighted by atomic mass is 15.2. The average Bonchev–Trinajstić information content (AvgIpc) is 3.87. The molecule has 3 heterocycles. The van der Waals surface area contributed by atoms with Crippen LogP contribution >= 0.6 is 0 Å². The van der Waals surface area contributed by atoms with Crippen molar-refractivity contribution >= 4 is 108 Å². The van der Waals surface area contributed by atoms with E-state index in [1.54, 1.807) is 0 Å². The average molecular weight is 787 g/mol. The minimum atomic E-state index is 0.646. The molecule has 11 aromatic carbocycles. The molecule has 0 aliphatic rings. The molecule has 4 nitrogen and oxygen atoms in total. The van der Waals surface area contributed by atoms with Crippen LogP contribution in [0.1, 0.15) is 0 Å². The second-order valence-corrected chi connectivity index (χ2v) is 16.5. The largest absolute Gasteiger partial charge is 0.309 e. The second-order valence-electron chi connectivity index (χ2n) is 16.5. The first-order chi connectivity index (χ1) is 30.8. The molecule has 0 spiro atoms. The van der Waals surface area contributed by atoms with Crippen molar-refractivity contribution in [3.63, 3.8) is 0 Å². The molecule has 62 heavy (non-hydrogen) atoms. The van der Waals surface area contributed by atoms with Gasteiger partial charge in [-0.1, -0.05) is 170 Å². The van der Waals surface area contributed by atoms with Gasteiger partial charge in [0, 0.05) is 49.0 Å². The van der Waals surface area contributed by atoms with Gasteiger partial charge in [-0.2, -0.15) is 0 Å². The molecule has 14 rings (SSSR count). The summed E-state index contributed by atoms with van der Waals surface area (Å²) in [7, 11) is 0. The van der Waals surface area contributed by atoms with E-state index in [9.17, 15) is 0 Å². The Labute approximate surface area is 355 Å². The minimum absolute atomic E-state index is 0.646. The van der Waals surface area contributed by atoms with E-state index in [0.29, 0.717) is 5.95 Å². The molecule has 4 heteroatoms. The minimum Gasteiger partial charge on any atom is -0.309 e. The zero-order valence-electron chi connectivity index (χ0n) is 33.4. The molecule has 14 aromatic rings. The van der Waals surface area contributed by atoms with Crippen molar-refractivity contribution in [2.24, 2.45) is 0 Å². The first-order valence-electron chi connectivity index (χ1n) is 21.3. The third-order valence-electron chi connectivity index (χ3n) is 13.3. The lowest BCUT2D eigenvalue weighted by Gasteiger charge is -2.15. The summed E-state index contributed by atoms with van der Waals surface area (Å²) in [6.07, 6.45) is 0. The van der Waals surface area contributed by atoms with Gasteiger partial charge in [0.2, 0.25) is 5.95 Å². The number of benzene rings is 11. The van der Waals surface area contributed by atoms with E-state index < -0.39 is 0 Å². The van der Waals surface area contributed by atoms with Gasteiger partial charge in [-0.3, -0.25) is 4.57 Å². The van der Waals surface area contributed by atoms with E-state index in [-0.39, 0.29) is 0 Å². The van der Waals surface area contributed by atoms with Crippen molar-refractivity contribution in [1.82, 2.24) is 19.1 Å². The predicted molar refractivity (Wildman–Crippen MR) is 261 cm³/mol. The number of para-hydroxylation sites is 2. The Morgan fingerprint density at radius 3 is 1.66 bits per heavy atom. The summed E-state index contributed by atoms with van der Waals surface area (Å²) in [5.41, 5.74) is 8.46. The van der Waals surface area contributed by atoms with Gasteiger partial charge in [0.1, 0.15) is 0 Å². The van der Waals surface area contributed by atoms with Crippen molar-refractivity contribution in [3.05, 3.63) is 206 Å². The summed E-state index contributed by atoms with van der Waals surface area (Å²) < 4.78 is 4.73. The molecule has 0 aliphatic carbocycles. The maximum Gasteiger partial charge on any atom is 0.235 e. The van der Waals surface area contributed by atoms with Crippen molar-refractivity contribution in [2.45, 2.75) is 0 Å². The Kier molecular flexibility index (Phi) is 6.80. The standard InChI is InChI=1S/C58H34N4/c1-2-16-38(17-3-1)61-50-25-13-12-23-44(50)45-29-27-37(34-52(45)61)56-54-39-18-6-4-14-35(39)28-32-49(54)59-58(60-56)62-51-33-31-47-43-22-9-8-20-41(43)42-21-10-11-24-46(42)53(47)55(51)48-30-26-36-15-5-7-19-40(36)57(48)62/h1-34H. The highest BCUT2D eigenvalue weighted by Gasteiger charge is 2.24. The molecular formula is C58H34N4. The number of rotatable bonds is 3. The number of nitrogens with zero attached hydrogens (tertiary/aromatic N) is 4. The normalized spacial score (nSPS) is 12.2. The zero-order valence-corrected chi connectivity index (χ0v) is 33.4. The molecule has 0 atom stereocenters. The maximum absolute atomic E-state index is 5.77. The van der Waals surface area contributed by atoms with Gasteiger partial charge in [-0.05, 0) is 79.5 Å². The lowest BCUT2D eigenvalue weighted by molar-refractivity contribution is 1.02. The number of fused-ring (bicyclic) bond motifs is 18. The smallest absolute Gasteiger partial charge is 0.235 e. The van der Waals surface area contributed by atoms with E-state index in [1.165, 1.54) is 64.8 Å². The Balaban J connectivity index is 1.15. The zero-order chi connectivity index (χ0) is 40.5. The van der Waals surface area contributed by atoms with Crippen LogP contribution in [0.3, 0.4) is 0 Å². The third kappa shape index (κ3) is 4.55. The lowest BCUT2D eigenvalue weighted by Crippen LogP contribution is -2.04. The SMILES string of the molecule is c1ccc(-n2c3ccccc3c3ccc(-c4nc(-n5c6ccc7c8ccccc8c8ccccc8c7c6c6ccc7ccccc7c65)nc5ccc6ccccc6c45)cc32)cc1. The number of aromatic nitrogens is 4. The van der Waals surface area contributed by atoms with Gasteiger partial charge in [0.15, 0.2) is 0 Å². The predicted octanol–water partition coefficient (Wildman–Crippen LogP) is 15.3. The molecule has 0 bridgehead atoms. The van der Waals surface area contributed by atoms with Crippen LogP contribution < -0.4 is 0 Å². The first-order valence-corrected chi connectivity index (χ1v) is 21.3. The van der Waals surface area contributed by atoms with Crippen molar-refractivity contribution in [1.29, 1.82) is 0 Å². The van der Waals surface area contributed by atoms with Crippen molar-refractivity contribution in [2.75, 3.05) is 0 Å². The fraction of sp³-hybridized carbons (Fsp3) is 0. The Morgan fingerprint density at radius 2 is 0.871 bits per heavy atom. The summed E-state index contributed by atoms with van der Waals surface area (Å²) in [5, 5.41) is 18.0. The Hall–Kier alpha value is -8.34. The molecule has 3 aromatic heterocycles. The van der Waals surface area contributed by atoms with Crippen LogP contribution in [0.5, 0.6) is 0 Å². The summed E-state index contributed by atoms with van der Waals surface area (Å²) in [5.74, 6) is 0.646. The monoisotopic (exact) mass is 786 g/mol. The van der Waals surface area contributed by atoms with E-state index >= 15 is 0 Å². The first kappa shape index (κ1) is 33.5. The van der Waals surface area contributed by atoms with E-state index in [4.69, 9.17) is 9.97 Å². The highest BCUT2D eigenvalue weighted by Crippen LogP contribution is 2.46. The van der Waals surface area contributed by atoms with Gasteiger partial charge < -0.3 is 4.57 Å². The summed E-state index contributed by atoms with van der Waals surface area (Å²) in [6.45, 7) is 0. The van der Waals surface area contributed by atoms with Crippen LogP contribution in [0, 0.1) is 0 Å². The quantitative estimate of drug-likeness (QED) is 0.167. The summed E-state index contributed by atoms with van der Waals surface area (Å²) in [6, 6.07) is 74.8. The number of hydrogen-bond donors (Lipinski definition) is 0. The van der Waals surface area contributed by atoms with Crippen LogP contribution in [-0.4, -0.2) is 19.1 Å². The second kappa shape index (κ2) is 12.6. The van der Waals surface area contributed by atoms with E-state index in [0.717, 1.165) is 60.6 Å². The van der Waals surface area contributed by atoms with Gasteiger partial charge in [0.05, 0.1) is 33.3 Å². The molecule has 286 valence electrons. The van der Waals surface area contributed by atoms with Gasteiger partial charge in [0.25, 0.3) is 0 Å². The fourth-order valence-corrected chi connectivity index (χ4v) is 10.6. The molecule has 0 saturated carbocycles. The summed E-state index contributed by atoms with van der Waals surface area (Å²) in [4.78, 5) is 11.3. The molecule has 0 aliphatic heterocycles. The molecular weight excluding hydrogens is 753 g/mol. The van der Waals surface area contributed by atoms with Crippen molar-refractivity contribution in [3.8, 4) is 22.9 Å². The molecule has 0 radical (unpaired) electrons. The van der Waals surface area contributed by atoms with Gasteiger partial charge in [-0.25, -0.2) is 9.97 Å². The van der Waals surface area contributed by atoms with E-state index in [2.05, 4.69) is 215 Å². The molecule has 0 fully saturated rings. The number of hydrogen-bond acceptors (Lipinski definition) is 2. The fourth-order valence-electron chi connectivity index (χ4n) is 10.6. The van der Waals surface area contributed by atoms with Gasteiger partial charge in [-0.15, -0.1) is 0 Å². The van der Waals surface area contributed by atoms with Crippen LogP contribution in [-0.2, 0) is 0 Å². The van der Waals surface area contributed by atoms with Crippen LogP contribution in [0.15, 0.2) is 206 Å².